The van der Waals surface area contributed by atoms with Gasteiger partial charge in [-0.25, -0.2) is 9.97 Å². The van der Waals surface area contributed by atoms with E-state index in [4.69, 9.17) is 4.98 Å². The molecule has 0 bridgehead atoms. The molecule has 1 saturated heterocycles. The monoisotopic (exact) mass is 332 g/mol. The summed E-state index contributed by atoms with van der Waals surface area (Å²) in [6, 6.07) is 14.3. The van der Waals surface area contributed by atoms with Crippen LogP contribution in [0, 0.1) is 0 Å². The lowest BCUT2D eigenvalue weighted by Crippen LogP contribution is -2.47. The Labute approximate surface area is 147 Å². The van der Waals surface area contributed by atoms with Crippen molar-refractivity contribution in [2.75, 3.05) is 36.0 Å². The molecule has 1 fully saturated rings. The lowest BCUT2D eigenvalue weighted by atomic mass is 10.1. The molecule has 1 aromatic carbocycles. The van der Waals surface area contributed by atoms with Crippen molar-refractivity contribution in [3.63, 3.8) is 0 Å². The van der Waals surface area contributed by atoms with Gasteiger partial charge in [-0.2, -0.15) is 10.2 Å². The molecule has 0 aliphatic carbocycles. The lowest BCUT2D eigenvalue weighted by Gasteiger charge is -2.36. The third-order valence-electron chi connectivity index (χ3n) is 4.43. The number of hydrogen-bond acceptors (Lipinski definition) is 6. The van der Waals surface area contributed by atoms with E-state index in [0.717, 1.165) is 49.9 Å². The fraction of sp³-hybridized carbons (Fsp3) is 0.263. The highest BCUT2D eigenvalue weighted by Crippen LogP contribution is 2.18. The molecule has 0 N–H and O–H groups in total. The molecule has 25 heavy (non-hydrogen) atoms. The average Bonchev–Trinajstić information content (AvgIpc) is 2.70. The Hall–Kier alpha value is -3.02. The molecule has 3 heterocycles. The number of piperazine rings is 1. The quantitative estimate of drug-likeness (QED) is 0.730. The predicted octanol–water partition coefficient (Wildman–Crippen LogP) is 2.18. The largest absolute Gasteiger partial charge is 0.367 e. The highest BCUT2D eigenvalue weighted by molar-refractivity contribution is 5.47. The Bertz CT molecular complexity index is 800. The second-order valence-electron chi connectivity index (χ2n) is 6.07. The Morgan fingerprint density at radius 3 is 2.36 bits per heavy atom. The summed E-state index contributed by atoms with van der Waals surface area (Å²) in [7, 11) is 0. The fourth-order valence-electron chi connectivity index (χ4n) is 3.09. The Morgan fingerprint density at radius 1 is 0.800 bits per heavy atom. The van der Waals surface area contributed by atoms with Gasteiger partial charge in [0.1, 0.15) is 11.6 Å². The van der Waals surface area contributed by atoms with E-state index >= 15 is 0 Å². The van der Waals surface area contributed by atoms with Crippen LogP contribution in [0.2, 0.25) is 0 Å². The molecule has 1 aliphatic rings. The molecule has 3 aromatic rings. The van der Waals surface area contributed by atoms with E-state index in [2.05, 4.69) is 37.1 Å². The summed E-state index contributed by atoms with van der Waals surface area (Å²) in [6.07, 6.45) is 6.18. The first-order chi connectivity index (χ1) is 12.4. The normalized spacial score (nSPS) is 14.6. The van der Waals surface area contributed by atoms with Crippen LogP contribution in [0.25, 0.3) is 0 Å². The third-order valence-corrected chi connectivity index (χ3v) is 4.43. The standard InChI is InChI=1S/C19H20N6/c1-2-4-16(5-3-1)14-18-20-8-7-19(23-18)25-12-10-24(11-13-25)17-6-9-21-22-15-17/h1-9,15H,10-14H2. The first-order valence-corrected chi connectivity index (χ1v) is 8.51. The van der Waals surface area contributed by atoms with E-state index < -0.39 is 0 Å². The summed E-state index contributed by atoms with van der Waals surface area (Å²) in [5.41, 5.74) is 2.36. The summed E-state index contributed by atoms with van der Waals surface area (Å²) < 4.78 is 0. The van der Waals surface area contributed by atoms with Crippen molar-refractivity contribution in [1.82, 2.24) is 20.2 Å². The summed E-state index contributed by atoms with van der Waals surface area (Å²) in [5, 5.41) is 7.81. The molecule has 1 aliphatic heterocycles. The van der Waals surface area contributed by atoms with Crippen LogP contribution in [0.5, 0.6) is 0 Å². The van der Waals surface area contributed by atoms with Crippen LogP contribution in [0.15, 0.2) is 61.1 Å². The van der Waals surface area contributed by atoms with Gasteiger partial charge in [-0.05, 0) is 17.7 Å². The van der Waals surface area contributed by atoms with E-state index in [1.165, 1.54) is 5.56 Å². The molecular weight excluding hydrogens is 312 g/mol. The maximum Gasteiger partial charge on any atom is 0.135 e. The van der Waals surface area contributed by atoms with E-state index in [1.807, 2.05) is 42.7 Å². The highest BCUT2D eigenvalue weighted by Gasteiger charge is 2.19. The number of rotatable bonds is 4. The first-order valence-electron chi connectivity index (χ1n) is 8.51. The van der Waals surface area contributed by atoms with Gasteiger partial charge in [0.15, 0.2) is 0 Å². The molecular formula is C19H20N6. The SMILES string of the molecule is c1ccc(Cc2nccc(N3CCN(c4ccnnc4)CC3)n2)cc1. The lowest BCUT2D eigenvalue weighted by molar-refractivity contribution is 0.643. The second-order valence-corrected chi connectivity index (χ2v) is 6.07. The highest BCUT2D eigenvalue weighted by atomic mass is 15.3. The van der Waals surface area contributed by atoms with Gasteiger partial charge in [-0.3, -0.25) is 0 Å². The van der Waals surface area contributed by atoms with Crippen LogP contribution in [-0.2, 0) is 6.42 Å². The molecule has 126 valence electrons. The summed E-state index contributed by atoms with van der Waals surface area (Å²) in [6.45, 7) is 3.77. The third kappa shape index (κ3) is 3.74. The minimum atomic E-state index is 0.761. The summed E-state index contributed by atoms with van der Waals surface area (Å²) in [5.74, 6) is 1.87. The zero-order valence-electron chi connectivity index (χ0n) is 14.0. The fourth-order valence-corrected chi connectivity index (χ4v) is 3.09. The van der Waals surface area contributed by atoms with Gasteiger partial charge in [0.2, 0.25) is 0 Å². The molecule has 4 rings (SSSR count). The van der Waals surface area contributed by atoms with Gasteiger partial charge in [-0.15, -0.1) is 0 Å². The molecule has 6 heteroatoms. The van der Waals surface area contributed by atoms with Crippen LogP contribution in [0.3, 0.4) is 0 Å². The molecule has 0 atom stereocenters. The van der Waals surface area contributed by atoms with Crippen molar-refractivity contribution >= 4 is 11.5 Å². The number of benzene rings is 1. The topological polar surface area (TPSA) is 58.0 Å². The summed E-state index contributed by atoms with van der Waals surface area (Å²) >= 11 is 0. The predicted molar refractivity (Wildman–Crippen MR) is 97.7 cm³/mol. The Morgan fingerprint density at radius 2 is 1.60 bits per heavy atom. The Balaban J connectivity index is 1.42. The summed E-state index contributed by atoms with van der Waals surface area (Å²) in [4.78, 5) is 13.8. The van der Waals surface area contributed by atoms with Crippen molar-refractivity contribution < 1.29 is 0 Å². The van der Waals surface area contributed by atoms with Gasteiger partial charge in [0.25, 0.3) is 0 Å². The smallest absolute Gasteiger partial charge is 0.135 e. The van der Waals surface area contributed by atoms with Gasteiger partial charge >= 0.3 is 0 Å². The first kappa shape index (κ1) is 15.5. The molecule has 0 unspecified atom stereocenters. The molecule has 2 aromatic heterocycles. The van der Waals surface area contributed by atoms with E-state index in [1.54, 1.807) is 6.20 Å². The van der Waals surface area contributed by atoms with Gasteiger partial charge in [0.05, 0.1) is 18.1 Å². The van der Waals surface area contributed by atoms with Crippen LogP contribution in [-0.4, -0.2) is 46.3 Å². The van der Waals surface area contributed by atoms with Crippen molar-refractivity contribution in [3.8, 4) is 0 Å². The van der Waals surface area contributed by atoms with E-state index in [-0.39, 0.29) is 0 Å². The Kier molecular flexibility index (Phi) is 4.50. The van der Waals surface area contributed by atoms with Crippen molar-refractivity contribution in [3.05, 3.63) is 72.4 Å². The second kappa shape index (κ2) is 7.25. The minimum absolute atomic E-state index is 0.761. The minimum Gasteiger partial charge on any atom is -0.367 e. The van der Waals surface area contributed by atoms with Crippen LogP contribution in [0.1, 0.15) is 11.4 Å². The van der Waals surface area contributed by atoms with Crippen molar-refractivity contribution in [2.45, 2.75) is 6.42 Å². The van der Waals surface area contributed by atoms with E-state index in [0.29, 0.717) is 0 Å². The maximum absolute atomic E-state index is 4.76. The van der Waals surface area contributed by atoms with E-state index in [9.17, 15) is 0 Å². The molecule has 0 saturated carbocycles. The zero-order valence-corrected chi connectivity index (χ0v) is 14.0. The molecule has 0 spiro atoms. The molecule has 6 nitrogen and oxygen atoms in total. The van der Waals surface area contributed by atoms with Crippen molar-refractivity contribution in [2.24, 2.45) is 0 Å². The van der Waals surface area contributed by atoms with Crippen LogP contribution in [0.4, 0.5) is 11.5 Å². The van der Waals surface area contributed by atoms with Gasteiger partial charge < -0.3 is 9.80 Å². The molecule has 0 amide bonds. The number of aromatic nitrogens is 4. The van der Waals surface area contributed by atoms with Crippen LogP contribution >= 0.6 is 0 Å². The van der Waals surface area contributed by atoms with Crippen molar-refractivity contribution in [1.29, 1.82) is 0 Å². The van der Waals surface area contributed by atoms with Gasteiger partial charge in [-0.1, -0.05) is 30.3 Å². The van der Waals surface area contributed by atoms with Gasteiger partial charge in [0, 0.05) is 38.8 Å². The van der Waals surface area contributed by atoms with Crippen LogP contribution < -0.4 is 9.80 Å². The average molecular weight is 332 g/mol. The zero-order chi connectivity index (χ0) is 16.9. The number of anilines is 2. The number of hydrogen-bond donors (Lipinski definition) is 0. The maximum atomic E-state index is 4.76. The molecule has 0 radical (unpaired) electrons. The number of nitrogens with zero attached hydrogens (tertiary/aromatic N) is 6.